The molecule has 27 heavy (non-hydrogen) atoms. The first kappa shape index (κ1) is 22.3. The van der Waals surface area contributed by atoms with Crippen LogP contribution in [-0.4, -0.2) is 43.9 Å². The van der Waals surface area contributed by atoms with Gasteiger partial charge in [0.05, 0.1) is 28.4 Å². The molecule has 0 spiro atoms. The zero-order valence-electron chi connectivity index (χ0n) is 16.0. The fourth-order valence-electron chi connectivity index (χ4n) is 3.30. The molecule has 0 N–H and O–H groups in total. The normalized spacial score (nSPS) is 22.0. The maximum atomic E-state index is 12.7. The summed E-state index contributed by atoms with van der Waals surface area (Å²) in [5.74, 6) is -0.246. The molecule has 1 aliphatic rings. The molecule has 1 heterocycles. The van der Waals surface area contributed by atoms with Gasteiger partial charge in [0.25, 0.3) is 10.1 Å². The van der Waals surface area contributed by atoms with Crippen LogP contribution < -0.4 is 0 Å². The van der Waals surface area contributed by atoms with Crippen molar-refractivity contribution in [3.05, 3.63) is 33.8 Å². The van der Waals surface area contributed by atoms with Crippen molar-refractivity contribution >= 4 is 39.4 Å². The summed E-state index contributed by atoms with van der Waals surface area (Å²) in [6, 6.07) is 4.69. The number of carbonyl (C=O) groups excluding carboxylic acids is 1. The third-order valence-corrected chi connectivity index (χ3v) is 5.68. The van der Waals surface area contributed by atoms with Crippen molar-refractivity contribution in [3.63, 3.8) is 0 Å². The standard InChI is InChI=1S/C18H25Cl2NO5S/c1-11(26-27(5,23)24)13-8-9-21(17(22)25-18(2,3)4)16(13)12-6-7-14(19)15(20)10-12/h6-7,10-11,13,16H,8-9H2,1-5H3/t11?,13-,16?/m1/s1. The molecule has 1 fully saturated rings. The second-order valence-electron chi connectivity index (χ2n) is 7.75. The minimum atomic E-state index is -3.63. The third kappa shape index (κ3) is 5.98. The average molecular weight is 438 g/mol. The van der Waals surface area contributed by atoms with Crippen molar-refractivity contribution in [1.82, 2.24) is 4.90 Å². The van der Waals surface area contributed by atoms with Crippen molar-refractivity contribution in [2.24, 2.45) is 5.92 Å². The van der Waals surface area contributed by atoms with Crippen LogP contribution in [0, 0.1) is 5.92 Å². The minimum Gasteiger partial charge on any atom is -0.444 e. The van der Waals surface area contributed by atoms with E-state index in [0.29, 0.717) is 23.0 Å². The quantitative estimate of drug-likeness (QED) is 0.640. The lowest BCUT2D eigenvalue weighted by Gasteiger charge is -2.32. The Labute approximate surface area is 170 Å². The SMILES string of the molecule is CC(OS(C)(=O)=O)[C@H]1CCN(C(=O)OC(C)(C)C)C1c1ccc(Cl)c(Cl)c1. The number of hydrogen-bond donors (Lipinski definition) is 0. The van der Waals surface area contributed by atoms with Crippen molar-refractivity contribution in [2.45, 2.75) is 51.9 Å². The minimum absolute atomic E-state index is 0.246. The van der Waals surface area contributed by atoms with Crippen molar-refractivity contribution in [3.8, 4) is 0 Å². The Bertz CT molecular complexity index is 806. The van der Waals surface area contributed by atoms with Crippen LogP contribution >= 0.6 is 23.2 Å². The van der Waals surface area contributed by atoms with Crippen molar-refractivity contribution in [1.29, 1.82) is 0 Å². The highest BCUT2D eigenvalue weighted by atomic mass is 35.5. The monoisotopic (exact) mass is 437 g/mol. The Kier molecular flexibility index (Phi) is 6.72. The molecule has 1 aromatic rings. The number of rotatable bonds is 4. The number of amides is 1. The van der Waals surface area contributed by atoms with E-state index in [-0.39, 0.29) is 5.92 Å². The number of carbonyl (C=O) groups is 1. The Balaban J connectivity index is 2.40. The molecule has 0 aliphatic carbocycles. The molecule has 3 atom stereocenters. The highest BCUT2D eigenvalue weighted by Crippen LogP contribution is 2.42. The largest absolute Gasteiger partial charge is 0.444 e. The molecule has 2 unspecified atom stereocenters. The van der Waals surface area contributed by atoms with Crippen LogP contribution in [-0.2, 0) is 19.0 Å². The lowest BCUT2D eigenvalue weighted by molar-refractivity contribution is 0.0174. The lowest BCUT2D eigenvalue weighted by atomic mass is 9.90. The third-order valence-electron chi connectivity index (χ3n) is 4.29. The van der Waals surface area contributed by atoms with Gasteiger partial charge in [-0.15, -0.1) is 0 Å². The van der Waals surface area contributed by atoms with Crippen LogP contribution in [0.1, 0.15) is 45.7 Å². The van der Waals surface area contributed by atoms with E-state index in [9.17, 15) is 13.2 Å². The summed E-state index contributed by atoms with van der Waals surface area (Å²) in [6.45, 7) is 7.49. The molecule has 1 saturated heterocycles. The molecule has 9 heteroatoms. The van der Waals surface area contributed by atoms with Gasteiger partial charge in [-0.3, -0.25) is 4.18 Å². The summed E-state index contributed by atoms with van der Waals surface area (Å²) < 4.78 is 33.9. The first-order valence-corrected chi connectivity index (χ1v) is 11.2. The van der Waals surface area contributed by atoms with Crippen LogP contribution in [0.2, 0.25) is 10.0 Å². The van der Waals surface area contributed by atoms with E-state index in [2.05, 4.69) is 0 Å². The highest BCUT2D eigenvalue weighted by Gasteiger charge is 2.43. The molecular weight excluding hydrogens is 413 g/mol. The number of benzene rings is 1. The van der Waals surface area contributed by atoms with Crippen LogP contribution in [0.15, 0.2) is 18.2 Å². The van der Waals surface area contributed by atoms with Crippen LogP contribution in [0.3, 0.4) is 0 Å². The van der Waals surface area contributed by atoms with Gasteiger partial charge in [0.15, 0.2) is 0 Å². The predicted octanol–water partition coefficient (Wildman–Crippen LogP) is 4.66. The van der Waals surface area contributed by atoms with Crippen LogP contribution in [0.5, 0.6) is 0 Å². The maximum absolute atomic E-state index is 12.7. The lowest BCUT2D eigenvalue weighted by Crippen LogP contribution is -2.38. The molecule has 0 bridgehead atoms. The van der Waals surface area contributed by atoms with Gasteiger partial charge in [-0.1, -0.05) is 29.3 Å². The number of nitrogens with zero attached hydrogens (tertiary/aromatic N) is 1. The van der Waals surface area contributed by atoms with Gasteiger partial charge in [0.1, 0.15) is 5.60 Å². The predicted molar refractivity (Wildman–Crippen MR) is 106 cm³/mol. The zero-order valence-corrected chi connectivity index (χ0v) is 18.4. The van der Waals surface area contributed by atoms with Crippen LogP contribution in [0.4, 0.5) is 4.79 Å². The van der Waals surface area contributed by atoms with Gasteiger partial charge < -0.3 is 9.64 Å². The molecule has 0 saturated carbocycles. The van der Waals surface area contributed by atoms with Gasteiger partial charge in [-0.2, -0.15) is 8.42 Å². The van der Waals surface area contributed by atoms with E-state index >= 15 is 0 Å². The van der Waals surface area contributed by atoms with E-state index in [1.807, 2.05) is 0 Å². The summed E-state index contributed by atoms with van der Waals surface area (Å²) in [4.78, 5) is 14.3. The highest BCUT2D eigenvalue weighted by molar-refractivity contribution is 7.86. The topological polar surface area (TPSA) is 72.9 Å². The van der Waals surface area contributed by atoms with E-state index < -0.39 is 34.0 Å². The van der Waals surface area contributed by atoms with E-state index in [1.165, 1.54) is 0 Å². The molecule has 1 aromatic carbocycles. The van der Waals surface area contributed by atoms with Gasteiger partial charge in [-0.05, 0) is 51.8 Å². The van der Waals surface area contributed by atoms with Gasteiger partial charge in [0.2, 0.25) is 0 Å². The number of hydrogen-bond acceptors (Lipinski definition) is 5. The second-order valence-corrected chi connectivity index (χ2v) is 10.2. The molecule has 1 amide bonds. The fourth-order valence-corrected chi connectivity index (χ4v) is 4.30. The molecule has 0 aromatic heterocycles. The van der Waals surface area contributed by atoms with E-state index in [1.54, 1.807) is 50.8 Å². The maximum Gasteiger partial charge on any atom is 0.410 e. The van der Waals surface area contributed by atoms with Gasteiger partial charge in [0, 0.05) is 12.5 Å². The smallest absolute Gasteiger partial charge is 0.410 e. The van der Waals surface area contributed by atoms with E-state index in [0.717, 1.165) is 11.8 Å². The second kappa shape index (κ2) is 8.15. The van der Waals surface area contributed by atoms with Crippen molar-refractivity contribution in [2.75, 3.05) is 12.8 Å². The molecule has 2 rings (SSSR count). The Morgan fingerprint density at radius 3 is 2.41 bits per heavy atom. The first-order valence-electron chi connectivity index (χ1n) is 8.61. The summed E-state index contributed by atoms with van der Waals surface area (Å²) in [6.07, 6.45) is 0.499. The van der Waals surface area contributed by atoms with E-state index in [4.69, 9.17) is 32.1 Å². The molecule has 0 radical (unpaired) electrons. The Morgan fingerprint density at radius 2 is 1.89 bits per heavy atom. The summed E-state index contributed by atoms with van der Waals surface area (Å²) >= 11 is 12.2. The summed E-state index contributed by atoms with van der Waals surface area (Å²) in [5, 5.41) is 0.764. The molecule has 1 aliphatic heterocycles. The molecule has 152 valence electrons. The number of likely N-dealkylation sites (tertiary alicyclic amines) is 1. The fraction of sp³-hybridized carbons (Fsp3) is 0.611. The molecular formula is C18H25Cl2NO5S. The summed E-state index contributed by atoms with van der Waals surface area (Å²) in [5.41, 5.74) is 0.105. The van der Waals surface area contributed by atoms with Crippen molar-refractivity contribution < 1.29 is 22.1 Å². The number of ether oxygens (including phenoxy) is 1. The summed E-state index contributed by atoms with van der Waals surface area (Å²) in [7, 11) is -3.63. The Hall–Kier alpha value is -1.02. The first-order chi connectivity index (χ1) is 12.3. The Morgan fingerprint density at radius 1 is 1.26 bits per heavy atom. The number of halogens is 2. The molecule has 6 nitrogen and oxygen atoms in total. The average Bonchev–Trinajstić information content (AvgIpc) is 2.91. The van der Waals surface area contributed by atoms with Gasteiger partial charge >= 0.3 is 6.09 Å². The zero-order chi connectivity index (χ0) is 20.6. The van der Waals surface area contributed by atoms with Crippen LogP contribution in [0.25, 0.3) is 0 Å². The van der Waals surface area contributed by atoms with Gasteiger partial charge in [-0.25, -0.2) is 4.79 Å².